The van der Waals surface area contributed by atoms with Crippen LogP contribution in [-0.2, 0) is 9.63 Å². The van der Waals surface area contributed by atoms with Gasteiger partial charge in [-0.15, -0.1) is 0 Å². The second kappa shape index (κ2) is 7.45. The van der Waals surface area contributed by atoms with E-state index >= 15 is 0 Å². The van der Waals surface area contributed by atoms with Crippen molar-refractivity contribution in [3.8, 4) is 5.75 Å². The van der Waals surface area contributed by atoms with Gasteiger partial charge in [0, 0.05) is 17.0 Å². The molecular formula is C21H17NO3. The first-order valence-electron chi connectivity index (χ1n) is 7.85. The standard InChI is InChI=1S/C21H17NO3/c1-15(18-13-12-17-9-5-6-10-19(17)21(18)24)22-25-20(23)14-11-16-7-3-2-4-8-16/h2-14,24H,1H3/b14-11+,22-15-. The molecule has 0 bridgehead atoms. The summed E-state index contributed by atoms with van der Waals surface area (Å²) in [5.41, 5.74) is 1.84. The van der Waals surface area contributed by atoms with Crippen LogP contribution in [0.4, 0.5) is 0 Å². The minimum atomic E-state index is -0.580. The minimum Gasteiger partial charge on any atom is -0.507 e. The summed E-state index contributed by atoms with van der Waals surface area (Å²) in [6, 6.07) is 20.6. The molecule has 0 amide bonds. The van der Waals surface area contributed by atoms with Crippen molar-refractivity contribution in [2.45, 2.75) is 6.92 Å². The van der Waals surface area contributed by atoms with Crippen LogP contribution in [0.3, 0.4) is 0 Å². The number of hydrogen-bond acceptors (Lipinski definition) is 4. The summed E-state index contributed by atoms with van der Waals surface area (Å²) in [6.45, 7) is 1.68. The Morgan fingerprint density at radius 3 is 2.52 bits per heavy atom. The molecule has 4 nitrogen and oxygen atoms in total. The van der Waals surface area contributed by atoms with Crippen LogP contribution in [0.1, 0.15) is 18.1 Å². The van der Waals surface area contributed by atoms with Gasteiger partial charge in [-0.3, -0.25) is 0 Å². The maximum Gasteiger partial charge on any atom is 0.358 e. The first-order chi connectivity index (χ1) is 12.1. The number of aromatic hydroxyl groups is 1. The van der Waals surface area contributed by atoms with Gasteiger partial charge >= 0.3 is 5.97 Å². The van der Waals surface area contributed by atoms with Gasteiger partial charge < -0.3 is 9.94 Å². The van der Waals surface area contributed by atoms with E-state index in [2.05, 4.69) is 5.16 Å². The maximum atomic E-state index is 11.8. The van der Waals surface area contributed by atoms with Gasteiger partial charge in [-0.25, -0.2) is 4.79 Å². The van der Waals surface area contributed by atoms with E-state index in [1.54, 1.807) is 19.1 Å². The van der Waals surface area contributed by atoms with Gasteiger partial charge in [0.05, 0.1) is 5.71 Å². The lowest BCUT2D eigenvalue weighted by Gasteiger charge is -2.07. The normalized spacial score (nSPS) is 11.8. The van der Waals surface area contributed by atoms with Crippen molar-refractivity contribution in [3.63, 3.8) is 0 Å². The van der Waals surface area contributed by atoms with Crippen molar-refractivity contribution in [2.24, 2.45) is 5.16 Å². The second-order valence-electron chi connectivity index (χ2n) is 5.51. The Hall–Kier alpha value is -3.40. The molecule has 3 rings (SSSR count). The highest BCUT2D eigenvalue weighted by atomic mass is 16.7. The van der Waals surface area contributed by atoms with E-state index in [9.17, 15) is 9.90 Å². The zero-order chi connectivity index (χ0) is 17.6. The fourth-order valence-corrected chi connectivity index (χ4v) is 2.47. The van der Waals surface area contributed by atoms with Crippen LogP contribution in [-0.4, -0.2) is 16.8 Å². The van der Waals surface area contributed by atoms with Crippen molar-refractivity contribution in [1.29, 1.82) is 0 Å². The summed E-state index contributed by atoms with van der Waals surface area (Å²) < 4.78 is 0. The predicted molar refractivity (Wildman–Crippen MR) is 99.4 cm³/mol. The van der Waals surface area contributed by atoms with Crippen LogP contribution < -0.4 is 0 Å². The van der Waals surface area contributed by atoms with Crippen LogP contribution in [0.2, 0.25) is 0 Å². The monoisotopic (exact) mass is 331 g/mol. The number of oxime groups is 1. The molecule has 0 aliphatic heterocycles. The highest BCUT2D eigenvalue weighted by Crippen LogP contribution is 2.29. The van der Waals surface area contributed by atoms with E-state index in [-0.39, 0.29) is 5.75 Å². The average molecular weight is 331 g/mol. The molecule has 0 saturated heterocycles. The average Bonchev–Trinajstić information content (AvgIpc) is 2.66. The van der Waals surface area contributed by atoms with E-state index in [0.29, 0.717) is 11.3 Å². The summed E-state index contributed by atoms with van der Waals surface area (Å²) in [7, 11) is 0. The van der Waals surface area contributed by atoms with E-state index < -0.39 is 5.97 Å². The van der Waals surface area contributed by atoms with Crippen molar-refractivity contribution in [2.75, 3.05) is 0 Å². The smallest absolute Gasteiger partial charge is 0.358 e. The number of phenols is 1. The Balaban J connectivity index is 1.74. The van der Waals surface area contributed by atoms with Crippen molar-refractivity contribution in [1.82, 2.24) is 0 Å². The molecule has 0 aromatic heterocycles. The summed E-state index contributed by atoms with van der Waals surface area (Å²) in [5, 5.41) is 15.9. The molecule has 4 heteroatoms. The second-order valence-corrected chi connectivity index (χ2v) is 5.51. The molecule has 25 heavy (non-hydrogen) atoms. The van der Waals surface area contributed by atoms with Gasteiger partial charge in [-0.05, 0) is 30.0 Å². The molecule has 0 unspecified atom stereocenters. The predicted octanol–water partition coefficient (Wildman–Crippen LogP) is 4.53. The van der Waals surface area contributed by atoms with Gasteiger partial charge in [0.2, 0.25) is 0 Å². The van der Waals surface area contributed by atoms with Crippen molar-refractivity contribution in [3.05, 3.63) is 83.9 Å². The Labute approximate surface area is 145 Å². The Kier molecular flexibility index (Phi) is 4.90. The zero-order valence-electron chi connectivity index (χ0n) is 13.7. The molecule has 0 fully saturated rings. The van der Waals surface area contributed by atoms with Gasteiger partial charge in [0.1, 0.15) is 5.75 Å². The highest BCUT2D eigenvalue weighted by molar-refractivity contribution is 6.06. The van der Waals surface area contributed by atoms with E-state index in [1.165, 1.54) is 6.08 Å². The van der Waals surface area contributed by atoms with Gasteiger partial charge in [-0.1, -0.05) is 65.8 Å². The quantitative estimate of drug-likeness (QED) is 0.331. The lowest BCUT2D eigenvalue weighted by molar-refractivity contribution is -0.137. The Morgan fingerprint density at radius 1 is 1.00 bits per heavy atom. The Bertz CT molecular complexity index is 959. The maximum absolute atomic E-state index is 11.8. The molecular weight excluding hydrogens is 314 g/mol. The number of nitrogens with zero attached hydrogens (tertiary/aromatic N) is 1. The van der Waals surface area contributed by atoms with Crippen LogP contribution in [0, 0.1) is 0 Å². The lowest BCUT2D eigenvalue weighted by atomic mass is 10.0. The number of hydrogen-bond donors (Lipinski definition) is 1. The third-order valence-electron chi connectivity index (χ3n) is 3.77. The topological polar surface area (TPSA) is 58.9 Å². The number of phenolic OH excluding ortho intramolecular Hbond substituents is 1. The van der Waals surface area contributed by atoms with E-state index in [0.717, 1.165) is 16.3 Å². The van der Waals surface area contributed by atoms with Crippen LogP contribution in [0.15, 0.2) is 78.0 Å². The summed E-state index contributed by atoms with van der Waals surface area (Å²) in [6.07, 6.45) is 2.97. The molecule has 1 N–H and O–H groups in total. The number of rotatable bonds is 4. The third-order valence-corrected chi connectivity index (χ3v) is 3.77. The van der Waals surface area contributed by atoms with Crippen LogP contribution >= 0.6 is 0 Å². The molecule has 0 radical (unpaired) electrons. The summed E-state index contributed by atoms with van der Waals surface area (Å²) >= 11 is 0. The van der Waals surface area contributed by atoms with Crippen molar-refractivity contribution >= 4 is 28.5 Å². The number of benzene rings is 3. The fourth-order valence-electron chi connectivity index (χ4n) is 2.47. The summed E-state index contributed by atoms with van der Waals surface area (Å²) in [5.74, 6) is -0.460. The van der Waals surface area contributed by atoms with E-state index in [4.69, 9.17) is 4.84 Å². The third kappa shape index (κ3) is 3.93. The molecule has 0 aliphatic rings. The van der Waals surface area contributed by atoms with E-state index in [1.807, 2.05) is 60.7 Å². The number of fused-ring (bicyclic) bond motifs is 1. The van der Waals surface area contributed by atoms with Crippen LogP contribution in [0.5, 0.6) is 5.75 Å². The molecule has 0 spiro atoms. The minimum absolute atomic E-state index is 0.121. The largest absolute Gasteiger partial charge is 0.507 e. The van der Waals surface area contributed by atoms with Crippen LogP contribution in [0.25, 0.3) is 16.8 Å². The van der Waals surface area contributed by atoms with Crippen molar-refractivity contribution < 1.29 is 14.7 Å². The first kappa shape index (κ1) is 16.5. The van der Waals surface area contributed by atoms with Gasteiger partial charge in [0.15, 0.2) is 0 Å². The SMILES string of the molecule is C/C(=N/OC(=O)/C=C/c1ccccc1)c1ccc2ccccc2c1O. The molecule has 0 aliphatic carbocycles. The lowest BCUT2D eigenvalue weighted by Crippen LogP contribution is -2.01. The molecule has 124 valence electrons. The fraction of sp³-hybridized carbons (Fsp3) is 0.0476. The molecule has 0 atom stereocenters. The number of carbonyl (C=O) groups is 1. The molecule has 0 heterocycles. The number of carbonyl (C=O) groups excluding carboxylic acids is 1. The Morgan fingerprint density at radius 2 is 1.72 bits per heavy atom. The zero-order valence-corrected chi connectivity index (χ0v) is 13.7. The summed E-state index contributed by atoms with van der Waals surface area (Å²) in [4.78, 5) is 16.7. The van der Waals surface area contributed by atoms with Gasteiger partial charge in [0.25, 0.3) is 0 Å². The highest BCUT2D eigenvalue weighted by Gasteiger charge is 2.09. The molecule has 3 aromatic carbocycles. The first-order valence-corrected chi connectivity index (χ1v) is 7.85. The molecule has 0 saturated carbocycles. The molecule has 3 aromatic rings. The van der Waals surface area contributed by atoms with Gasteiger partial charge in [-0.2, -0.15) is 0 Å².